The average molecular weight is 481 g/mol. The highest BCUT2D eigenvalue weighted by Crippen LogP contribution is 2.31. The molecule has 7 heteroatoms. The van der Waals surface area contributed by atoms with Gasteiger partial charge in [-0.3, -0.25) is 14.3 Å². The molecule has 1 saturated carbocycles. The Labute approximate surface area is 209 Å². The van der Waals surface area contributed by atoms with Crippen LogP contribution >= 0.6 is 0 Å². The van der Waals surface area contributed by atoms with Crippen LogP contribution in [0.1, 0.15) is 82.3 Å². The summed E-state index contributed by atoms with van der Waals surface area (Å²) in [6.45, 7) is 9.37. The van der Waals surface area contributed by atoms with E-state index in [1.54, 1.807) is 9.58 Å². The minimum absolute atomic E-state index is 0.0856. The van der Waals surface area contributed by atoms with E-state index in [0.717, 1.165) is 43.4 Å². The maximum absolute atomic E-state index is 13.7. The van der Waals surface area contributed by atoms with E-state index >= 15 is 0 Å². The molecule has 0 radical (unpaired) electrons. The number of hydrogen-bond donors (Lipinski definition) is 1. The molecule has 1 N–H and O–H groups in total. The van der Waals surface area contributed by atoms with E-state index in [0.29, 0.717) is 31.8 Å². The van der Waals surface area contributed by atoms with Gasteiger partial charge in [-0.05, 0) is 58.1 Å². The average Bonchev–Trinajstić information content (AvgIpc) is 3.28. The third kappa shape index (κ3) is 5.61. The Bertz CT molecular complexity index is 1020. The lowest BCUT2D eigenvalue weighted by Gasteiger charge is -2.44. The standard InChI is InChI=1S/C28H40N4O3/c1-5-21-12-14-22(15-13-21)24-18-25-26(33)31(16-9-17-35-20(2)3)28(4,19-32(25)30-24)27(34)29-23-10-7-6-8-11-23/h12-15,18,20,23H,5-11,16-17,19H2,1-4H3,(H,29,34)/t28-/m1/s1. The number of carbonyl (C=O) groups excluding carboxylic acids is 2. The SMILES string of the molecule is CCc1ccc(-c2cc3n(n2)C[C@](C)(C(=O)NC2CCCCC2)N(CCCOC(C)C)C3=O)cc1. The van der Waals surface area contributed by atoms with Gasteiger partial charge in [0.2, 0.25) is 5.91 Å². The highest BCUT2D eigenvalue weighted by Gasteiger charge is 2.48. The van der Waals surface area contributed by atoms with Gasteiger partial charge in [-0.1, -0.05) is 50.5 Å². The number of aryl methyl sites for hydroxylation is 1. The second-order valence-electron chi connectivity index (χ2n) is 10.4. The molecule has 2 heterocycles. The second kappa shape index (κ2) is 10.9. The summed E-state index contributed by atoms with van der Waals surface area (Å²) in [6.07, 6.45) is 7.30. The van der Waals surface area contributed by atoms with Gasteiger partial charge in [0.1, 0.15) is 11.2 Å². The molecule has 7 nitrogen and oxygen atoms in total. The Morgan fingerprint density at radius 1 is 1.20 bits per heavy atom. The van der Waals surface area contributed by atoms with Crippen molar-refractivity contribution >= 4 is 11.8 Å². The lowest BCUT2D eigenvalue weighted by Crippen LogP contribution is -2.65. The monoisotopic (exact) mass is 480 g/mol. The van der Waals surface area contributed by atoms with Crippen molar-refractivity contribution in [3.8, 4) is 11.3 Å². The van der Waals surface area contributed by atoms with Crippen LogP contribution in [0.3, 0.4) is 0 Å². The number of fused-ring (bicyclic) bond motifs is 1. The predicted molar refractivity (Wildman–Crippen MR) is 137 cm³/mol. The fraction of sp³-hybridized carbons (Fsp3) is 0.607. The number of rotatable bonds is 9. The zero-order valence-electron chi connectivity index (χ0n) is 21.7. The Kier molecular flexibility index (Phi) is 7.95. The zero-order valence-corrected chi connectivity index (χ0v) is 21.7. The van der Waals surface area contributed by atoms with Gasteiger partial charge in [-0.2, -0.15) is 5.10 Å². The van der Waals surface area contributed by atoms with Crippen LogP contribution in [-0.2, 0) is 22.5 Å². The smallest absolute Gasteiger partial charge is 0.273 e. The van der Waals surface area contributed by atoms with E-state index in [1.807, 2.05) is 39.0 Å². The number of benzene rings is 1. The molecule has 1 atom stereocenters. The van der Waals surface area contributed by atoms with Crippen molar-refractivity contribution in [1.29, 1.82) is 0 Å². The molecular formula is C28H40N4O3. The van der Waals surface area contributed by atoms with Crippen LogP contribution in [0.5, 0.6) is 0 Å². The van der Waals surface area contributed by atoms with E-state index in [1.165, 1.54) is 12.0 Å². The molecule has 0 unspecified atom stereocenters. The van der Waals surface area contributed by atoms with E-state index in [9.17, 15) is 9.59 Å². The first-order chi connectivity index (χ1) is 16.8. The van der Waals surface area contributed by atoms with Crippen molar-refractivity contribution in [3.05, 3.63) is 41.6 Å². The predicted octanol–water partition coefficient (Wildman–Crippen LogP) is 4.59. The van der Waals surface area contributed by atoms with E-state index in [4.69, 9.17) is 9.84 Å². The van der Waals surface area contributed by atoms with Gasteiger partial charge >= 0.3 is 0 Å². The summed E-state index contributed by atoms with van der Waals surface area (Å²) >= 11 is 0. The molecule has 0 saturated heterocycles. The molecule has 1 aromatic carbocycles. The van der Waals surface area contributed by atoms with Crippen LogP contribution in [-0.4, -0.2) is 57.3 Å². The molecule has 2 aromatic rings. The number of nitrogens with zero attached hydrogens (tertiary/aromatic N) is 3. The summed E-state index contributed by atoms with van der Waals surface area (Å²) in [6, 6.07) is 10.3. The van der Waals surface area contributed by atoms with Crippen LogP contribution in [0.2, 0.25) is 0 Å². The van der Waals surface area contributed by atoms with Crippen LogP contribution in [0.4, 0.5) is 0 Å². The molecule has 4 rings (SSSR count). The fourth-order valence-corrected chi connectivity index (χ4v) is 5.17. The van der Waals surface area contributed by atoms with Crippen molar-refractivity contribution < 1.29 is 14.3 Å². The van der Waals surface area contributed by atoms with Crippen molar-refractivity contribution in [2.24, 2.45) is 0 Å². The number of carbonyl (C=O) groups is 2. The molecule has 2 amide bonds. The largest absolute Gasteiger partial charge is 0.379 e. The lowest BCUT2D eigenvalue weighted by atomic mass is 9.91. The molecule has 0 bridgehead atoms. The number of aromatic nitrogens is 2. The molecule has 1 fully saturated rings. The summed E-state index contributed by atoms with van der Waals surface area (Å²) in [7, 11) is 0. The summed E-state index contributed by atoms with van der Waals surface area (Å²) in [5.41, 5.74) is 2.52. The second-order valence-corrected chi connectivity index (χ2v) is 10.4. The van der Waals surface area contributed by atoms with Crippen molar-refractivity contribution in [1.82, 2.24) is 20.0 Å². The van der Waals surface area contributed by atoms with Gasteiger partial charge in [-0.25, -0.2) is 0 Å². The fourth-order valence-electron chi connectivity index (χ4n) is 5.17. The maximum Gasteiger partial charge on any atom is 0.273 e. The van der Waals surface area contributed by atoms with Crippen LogP contribution < -0.4 is 5.32 Å². The minimum atomic E-state index is -1.01. The highest BCUT2D eigenvalue weighted by molar-refractivity contribution is 6.00. The van der Waals surface area contributed by atoms with Gasteiger partial charge in [0.25, 0.3) is 5.91 Å². The summed E-state index contributed by atoms with van der Waals surface area (Å²) in [5.74, 6) is -0.233. The number of nitrogens with one attached hydrogen (secondary N) is 1. The maximum atomic E-state index is 13.7. The van der Waals surface area contributed by atoms with Crippen molar-refractivity contribution in [2.45, 2.75) is 96.9 Å². The van der Waals surface area contributed by atoms with E-state index < -0.39 is 5.54 Å². The normalized spacial score (nSPS) is 20.8. The molecule has 2 aliphatic rings. The quantitative estimate of drug-likeness (QED) is 0.533. The number of hydrogen-bond acceptors (Lipinski definition) is 4. The van der Waals surface area contributed by atoms with Gasteiger partial charge < -0.3 is 15.0 Å². The Morgan fingerprint density at radius 3 is 2.57 bits per heavy atom. The Balaban J connectivity index is 1.60. The number of ether oxygens (including phenoxy) is 1. The molecule has 190 valence electrons. The Morgan fingerprint density at radius 2 is 1.91 bits per heavy atom. The molecule has 0 spiro atoms. The first-order valence-corrected chi connectivity index (χ1v) is 13.2. The minimum Gasteiger partial charge on any atom is -0.379 e. The van der Waals surface area contributed by atoms with Gasteiger partial charge in [0.15, 0.2) is 0 Å². The molecule has 1 aliphatic carbocycles. The molecule has 1 aromatic heterocycles. The highest BCUT2D eigenvalue weighted by atomic mass is 16.5. The third-order valence-electron chi connectivity index (χ3n) is 7.36. The van der Waals surface area contributed by atoms with Gasteiger partial charge in [0, 0.05) is 24.8 Å². The van der Waals surface area contributed by atoms with Crippen LogP contribution in [0.15, 0.2) is 30.3 Å². The molecule has 35 heavy (non-hydrogen) atoms. The van der Waals surface area contributed by atoms with Gasteiger partial charge in [0.05, 0.1) is 18.3 Å². The number of amides is 2. The van der Waals surface area contributed by atoms with Gasteiger partial charge in [-0.15, -0.1) is 0 Å². The van der Waals surface area contributed by atoms with Crippen LogP contribution in [0.25, 0.3) is 11.3 Å². The van der Waals surface area contributed by atoms with E-state index in [-0.39, 0.29) is 24.0 Å². The first kappa shape index (κ1) is 25.4. The van der Waals surface area contributed by atoms with Crippen molar-refractivity contribution in [3.63, 3.8) is 0 Å². The van der Waals surface area contributed by atoms with E-state index in [2.05, 4.69) is 24.4 Å². The first-order valence-electron chi connectivity index (χ1n) is 13.2. The topological polar surface area (TPSA) is 76.5 Å². The summed E-state index contributed by atoms with van der Waals surface area (Å²) in [4.78, 5) is 29.2. The molecule has 1 aliphatic heterocycles. The lowest BCUT2D eigenvalue weighted by molar-refractivity contribution is -0.134. The molecular weight excluding hydrogens is 440 g/mol. The third-order valence-corrected chi connectivity index (χ3v) is 7.36. The zero-order chi connectivity index (χ0) is 25.0. The summed E-state index contributed by atoms with van der Waals surface area (Å²) < 4.78 is 7.44. The Hall–Kier alpha value is -2.67. The summed E-state index contributed by atoms with van der Waals surface area (Å²) in [5, 5.41) is 8.04. The van der Waals surface area contributed by atoms with Crippen molar-refractivity contribution in [2.75, 3.05) is 13.2 Å². The van der Waals surface area contributed by atoms with Crippen LogP contribution in [0, 0.1) is 0 Å².